The van der Waals surface area contributed by atoms with Gasteiger partial charge in [0, 0.05) is 26.7 Å². The molecule has 1 aromatic rings. The van der Waals surface area contributed by atoms with Gasteiger partial charge in [-0.25, -0.2) is 0 Å². The van der Waals surface area contributed by atoms with Crippen molar-refractivity contribution < 1.29 is 4.79 Å². The van der Waals surface area contributed by atoms with Gasteiger partial charge in [0.2, 0.25) is 0 Å². The SMILES string of the molecule is CCN(c1ccc(C(=O)N(C)C)nn1)C1CCCC1CN. The van der Waals surface area contributed by atoms with Gasteiger partial charge < -0.3 is 15.5 Å². The highest BCUT2D eigenvalue weighted by Crippen LogP contribution is 2.31. The molecule has 2 rings (SSSR count). The van der Waals surface area contributed by atoms with Crippen molar-refractivity contribution in [1.82, 2.24) is 15.1 Å². The Hall–Kier alpha value is -1.69. The number of nitrogens with zero attached hydrogens (tertiary/aromatic N) is 4. The van der Waals surface area contributed by atoms with Gasteiger partial charge in [0.15, 0.2) is 11.5 Å². The van der Waals surface area contributed by atoms with Crippen LogP contribution in [0.1, 0.15) is 36.7 Å². The van der Waals surface area contributed by atoms with Crippen molar-refractivity contribution in [2.75, 3.05) is 32.1 Å². The van der Waals surface area contributed by atoms with E-state index in [1.165, 1.54) is 17.7 Å². The van der Waals surface area contributed by atoms with E-state index in [-0.39, 0.29) is 5.91 Å². The lowest BCUT2D eigenvalue weighted by Gasteiger charge is -2.32. The number of hydrogen-bond donors (Lipinski definition) is 1. The lowest BCUT2D eigenvalue weighted by molar-refractivity contribution is 0.0821. The van der Waals surface area contributed by atoms with Crippen LogP contribution in [0.2, 0.25) is 0 Å². The van der Waals surface area contributed by atoms with Crippen LogP contribution in [-0.4, -0.2) is 54.2 Å². The molecule has 1 amide bonds. The smallest absolute Gasteiger partial charge is 0.273 e. The molecule has 1 aliphatic carbocycles. The predicted molar refractivity (Wildman–Crippen MR) is 83.3 cm³/mol. The average molecular weight is 291 g/mol. The van der Waals surface area contributed by atoms with Gasteiger partial charge in [-0.3, -0.25) is 4.79 Å². The molecule has 0 aliphatic heterocycles. The van der Waals surface area contributed by atoms with Crippen LogP contribution in [0.4, 0.5) is 5.82 Å². The van der Waals surface area contributed by atoms with Crippen molar-refractivity contribution in [2.24, 2.45) is 11.7 Å². The second-order valence-corrected chi connectivity index (χ2v) is 5.76. The average Bonchev–Trinajstić information content (AvgIpc) is 2.96. The topological polar surface area (TPSA) is 75.4 Å². The van der Waals surface area contributed by atoms with E-state index in [4.69, 9.17) is 5.73 Å². The molecule has 1 aromatic heterocycles. The van der Waals surface area contributed by atoms with E-state index < -0.39 is 0 Å². The first-order valence-electron chi connectivity index (χ1n) is 7.60. The molecule has 6 nitrogen and oxygen atoms in total. The second-order valence-electron chi connectivity index (χ2n) is 5.76. The fourth-order valence-electron chi connectivity index (χ4n) is 3.09. The van der Waals surface area contributed by atoms with Crippen molar-refractivity contribution >= 4 is 11.7 Å². The third-order valence-corrected chi connectivity index (χ3v) is 4.23. The number of aromatic nitrogens is 2. The van der Waals surface area contributed by atoms with Crippen LogP contribution in [0.15, 0.2) is 12.1 Å². The normalized spacial score (nSPS) is 21.3. The van der Waals surface area contributed by atoms with Crippen LogP contribution < -0.4 is 10.6 Å². The standard InChI is InChI=1S/C15H25N5O/c1-4-20(13-7-5-6-11(13)10-16)14-9-8-12(17-18-14)15(21)19(2)3/h8-9,11,13H,4-7,10,16H2,1-3H3. The summed E-state index contributed by atoms with van der Waals surface area (Å²) in [5, 5.41) is 8.33. The van der Waals surface area contributed by atoms with Crippen LogP contribution >= 0.6 is 0 Å². The number of nitrogens with two attached hydrogens (primary N) is 1. The maximum Gasteiger partial charge on any atom is 0.273 e. The first-order chi connectivity index (χ1) is 10.1. The van der Waals surface area contributed by atoms with Crippen molar-refractivity contribution in [2.45, 2.75) is 32.2 Å². The highest BCUT2D eigenvalue weighted by atomic mass is 16.2. The van der Waals surface area contributed by atoms with Gasteiger partial charge in [-0.15, -0.1) is 10.2 Å². The molecular weight excluding hydrogens is 266 g/mol. The van der Waals surface area contributed by atoms with Crippen molar-refractivity contribution in [1.29, 1.82) is 0 Å². The van der Waals surface area contributed by atoms with Crippen LogP contribution in [0.5, 0.6) is 0 Å². The molecule has 2 atom stereocenters. The zero-order chi connectivity index (χ0) is 15.4. The number of rotatable bonds is 5. The Bertz CT molecular complexity index is 473. The molecule has 0 spiro atoms. The summed E-state index contributed by atoms with van der Waals surface area (Å²) in [4.78, 5) is 15.6. The van der Waals surface area contributed by atoms with Gasteiger partial charge in [0.25, 0.3) is 5.91 Å². The first kappa shape index (κ1) is 15.7. The van der Waals surface area contributed by atoms with E-state index in [0.29, 0.717) is 24.2 Å². The van der Waals surface area contributed by atoms with E-state index in [2.05, 4.69) is 22.0 Å². The summed E-state index contributed by atoms with van der Waals surface area (Å²) in [6, 6.07) is 4.07. The summed E-state index contributed by atoms with van der Waals surface area (Å²) in [7, 11) is 3.42. The van der Waals surface area contributed by atoms with E-state index in [9.17, 15) is 4.79 Å². The Morgan fingerprint density at radius 3 is 2.62 bits per heavy atom. The Balaban J connectivity index is 2.17. The van der Waals surface area contributed by atoms with Gasteiger partial charge >= 0.3 is 0 Å². The molecule has 0 radical (unpaired) electrons. The summed E-state index contributed by atoms with van der Waals surface area (Å²) < 4.78 is 0. The molecular formula is C15H25N5O. The zero-order valence-electron chi connectivity index (χ0n) is 13.1. The Kier molecular flexibility index (Phi) is 5.12. The highest BCUT2D eigenvalue weighted by Gasteiger charge is 2.31. The van der Waals surface area contributed by atoms with Crippen LogP contribution in [0.25, 0.3) is 0 Å². The molecule has 116 valence electrons. The van der Waals surface area contributed by atoms with Crippen molar-refractivity contribution in [3.05, 3.63) is 17.8 Å². The Labute approximate surface area is 126 Å². The first-order valence-corrected chi connectivity index (χ1v) is 7.60. The van der Waals surface area contributed by atoms with Gasteiger partial charge in [0.05, 0.1) is 0 Å². The fraction of sp³-hybridized carbons (Fsp3) is 0.667. The molecule has 0 saturated heterocycles. The molecule has 2 N–H and O–H groups in total. The number of hydrogen-bond acceptors (Lipinski definition) is 5. The third kappa shape index (κ3) is 3.32. The van der Waals surface area contributed by atoms with Crippen LogP contribution in [-0.2, 0) is 0 Å². The minimum atomic E-state index is -0.127. The molecule has 0 bridgehead atoms. The summed E-state index contributed by atoms with van der Waals surface area (Å²) in [6.45, 7) is 3.70. The van der Waals surface area contributed by atoms with Gasteiger partial charge in [-0.05, 0) is 44.4 Å². The Morgan fingerprint density at radius 1 is 1.33 bits per heavy atom. The van der Waals surface area contributed by atoms with Crippen molar-refractivity contribution in [3.63, 3.8) is 0 Å². The summed E-state index contributed by atoms with van der Waals surface area (Å²) >= 11 is 0. The minimum Gasteiger partial charge on any atom is -0.352 e. The molecule has 1 saturated carbocycles. The fourth-order valence-corrected chi connectivity index (χ4v) is 3.09. The number of amides is 1. The molecule has 1 heterocycles. The monoisotopic (exact) mass is 291 g/mol. The number of anilines is 1. The summed E-state index contributed by atoms with van der Waals surface area (Å²) in [5.41, 5.74) is 6.26. The number of carbonyl (C=O) groups excluding carboxylic acids is 1. The van der Waals surface area contributed by atoms with Crippen LogP contribution in [0, 0.1) is 5.92 Å². The van der Waals surface area contributed by atoms with Gasteiger partial charge in [0.1, 0.15) is 0 Å². The molecule has 2 unspecified atom stereocenters. The van der Waals surface area contributed by atoms with Crippen LogP contribution in [0.3, 0.4) is 0 Å². The number of carbonyl (C=O) groups is 1. The third-order valence-electron chi connectivity index (χ3n) is 4.23. The van der Waals surface area contributed by atoms with E-state index in [0.717, 1.165) is 18.8 Å². The van der Waals surface area contributed by atoms with E-state index >= 15 is 0 Å². The lowest BCUT2D eigenvalue weighted by atomic mass is 10.0. The molecule has 6 heteroatoms. The highest BCUT2D eigenvalue weighted by molar-refractivity contribution is 5.91. The quantitative estimate of drug-likeness (QED) is 0.880. The summed E-state index contributed by atoms with van der Waals surface area (Å²) in [6.07, 6.45) is 3.55. The maximum absolute atomic E-state index is 11.8. The van der Waals surface area contributed by atoms with E-state index in [1.54, 1.807) is 20.2 Å². The second kappa shape index (κ2) is 6.85. The zero-order valence-corrected chi connectivity index (χ0v) is 13.1. The minimum absolute atomic E-state index is 0.127. The van der Waals surface area contributed by atoms with E-state index in [1.807, 2.05) is 6.07 Å². The van der Waals surface area contributed by atoms with Gasteiger partial charge in [-0.1, -0.05) is 6.42 Å². The maximum atomic E-state index is 11.8. The summed E-state index contributed by atoms with van der Waals surface area (Å²) in [5.74, 6) is 1.23. The molecule has 0 aromatic carbocycles. The largest absolute Gasteiger partial charge is 0.352 e. The lowest BCUT2D eigenvalue weighted by Crippen LogP contribution is -2.41. The van der Waals surface area contributed by atoms with Crippen molar-refractivity contribution in [3.8, 4) is 0 Å². The molecule has 1 fully saturated rings. The molecule has 21 heavy (non-hydrogen) atoms. The molecule has 1 aliphatic rings. The Morgan fingerprint density at radius 2 is 2.10 bits per heavy atom. The van der Waals surface area contributed by atoms with Gasteiger partial charge in [-0.2, -0.15) is 0 Å². The predicted octanol–water partition coefficient (Wildman–Crippen LogP) is 1.13.